The van der Waals surface area contributed by atoms with E-state index < -0.39 is 0 Å². The molecule has 0 aliphatic rings. The van der Waals surface area contributed by atoms with Gasteiger partial charge in [-0.05, 0) is 24.5 Å². The second kappa shape index (κ2) is 9.27. The van der Waals surface area contributed by atoms with Gasteiger partial charge in [0.15, 0.2) is 5.96 Å². The van der Waals surface area contributed by atoms with Crippen molar-refractivity contribution in [3.63, 3.8) is 0 Å². The van der Waals surface area contributed by atoms with Gasteiger partial charge in [0.25, 0.3) is 0 Å². The van der Waals surface area contributed by atoms with Gasteiger partial charge in [0, 0.05) is 27.2 Å². The number of nitrogens with zero attached hydrogens (tertiary/aromatic N) is 3. The third-order valence-electron chi connectivity index (χ3n) is 3.90. The van der Waals surface area contributed by atoms with Crippen LogP contribution in [-0.2, 0) is 18.3 Å². The molecule has 0 unspecified atom stereocenters. The fourth-order valence-corrected chi connectivity index (χ4v) is 2.40. The third kappa shape index (κ3) is 5.23. The maximum atomic E-state index is 5.60. The Hall–Kier alpha value is -2.08. The van der Waals surface area contributed by atoms with Crippen molar-refractivity contribution in [1.29, 1.82) is 0 Å². The van der Waals surface area contributed by atoms with Gasteiger partial charge in [-0.1, -0.05) is 26.0 Å². The highest BCUT2D eigenvalue weighted by atomic mass is 16.5. The number of fused-ring (bicyclic) bond motifs is 1. The lowest BCUT2D eigenvalue weighted by atomic mass is 10.1. The van der Waals surface area contributed by atoms with E-state index >= 15 is 0 Å². The van der Waals surface area contributed by atoms with Gasteiger partial charge in [-0.25, -0.2) is 4.98 Å². The Morgan fingerprint density at radius 3 is 2.75 bits per heavy atom. The predicted molar refractivity (Wildman–Crippen MR) is 99.2 cm³/mol. The van der Waals surface area contributed by atoms with Crippen molar-refractivity contribution in [2.75, 3.05) is 26.8 Å². The van der Waals surface area contributed by atoms with Crippen molar-refractivity contribution in [3.05, 3.63) is 30.1 Å². The van der Waals surface area contributed by atoms with Crippen LogP contribution in [0, 0.1) is 5.92 Å². The first-order valence-corrected chi connectivity index (χ1v) is 8.54. The molecule has 0 bridgehead atoms. The summed E-state index contributed by atoms with van der Waals surface area (Å²) < 4.78 is 7.70. The molecule has 0 saturated heterocycles. The first-order valence-electron chi connectivity index (χ1n) is 8.54. The number of aliphatic imine (C=N–C) groups is 1. The van der Waals surface area contributed by atoms with Gasteiger partial charge in [0.2, 0.25) is 0 Å². The van der Waals surface area contributed by atoms with Crippen LogP contribution in [0.4, 0.5) is 0 Å². The topological polar surface area (TPSA) is 63.5 Å². The number of para-hydroxylation sites is 2. The van der Waals surface area contributed by atoms with Gasteiger partial charge in [-0.3, -0.25) is 4.99 Å². The molecule has 0 radical (unpaired) electrons. The Morgan fingerprint density at radius 1 is 1.25 bits per heavy atom. The number of ether oxygens (including phenoxy) is 1. The third-order valence-corrected chi connectivity index (χ3v) is 3.90. The summed E-state index contributed by atoms with van der Waals surface area (Å²) in [6, 6.07) is 8.14. The first-order chi connectivity index (χ1) is 11.6. The highest BCUT2D eigenvalue weighted by molar-refractivity contribution is 5.80. The molecule has 0 saturated carbocycles. The summed E-state index contributed by atoms with van der Waals surface area (Å²) in [5.74, 6) is 2.42. The predicted octanol–water partition coefficient (Wildman–Crippen LogP) is 2.30. The highest BCUT2D eigenvalue weighted by Crippen LogP contribution is 2.13. The largest absolute Gasteiger partial charge is 0.380 e. The van der Waals surface area contributed by atoms with E-state index in [-0.39, 0.29) is 0 Å². The van der Waals surface area contributed by atoms with Crippen LogP contribution < -0.4 is 10.6 Å². The first kappa shape index (κ1) is 18.3. The molecule has 1 aromatic carbocycles. The molecule has 1 heterocycles. The van der Waals surface area contributed by atoms with Gasteiger partial charge in [-0.2, -0.15) is 0 Å². The number of hydrogen-bond donors (Lipinski definition) is 2. The van der Waals surface area contributed by atoms with E-state index in [0.717, 1.165) is 42.4 Å². The molecule has 2 N–H and O–H groups in total. The number of rotatable bonds is 8. The minimum absolute atomic E-state index is 0.624. The zero-order chi connectivity index (χ0) is 17.4. The summed E-state index contributed by atoms with van der Waals surface area (Å²) in [4.78, 5) is 8.88. The monoisotopic (exact) mass is 331 g/mol. The molecule has 2 aromatic rings. The average molecular weight is 331 g/mol. The minimum Gasteiger partial charge on any atom is -0.380 e. The summed E-state index contributed by atoms with van der Waals surface area (Å²) in [5.41, 5.74) is 2.15. The molecule has 0 fully saturated rings. The molecule has 2 rings (SSSR count). The molecule has 6 nitrogen and oxygen atoms in total. The molecular weight excluding hydrogens is 302 g/mol. The van der Waals surface area contributed by atoms with Crippen LogP contribution in [0.1, 0.15) is 26.1 Å². The maximum Gasteiger partial charge on any atom is 0.191 e. The van der Waals surface area contributed by atoms with Gasteiger partial charge < -0.3 is 19.9 Å². The van der Waals surface area contributed by atoms with E-state index in [2.05, 4.69) is 45.1 Å². The number of hydrogen-bond acceptors (Lipinski definition) is 3. The summed E-state index contributed by atoms with van der Waals surface area (Å²) in [7, 11) is 3.80. The molecule has 1 aromatic heterocycles. The van der Waals surface area contributed by atoms with Crippen molar-refractivity contribution in [2.45, 2.75) is 26.8 Å². The smallest absolute Gasteiger partial charge is 0.191 e. The van der Waals surface area contributed by atoms with Crippen LogP contribution in [0.2, 0.25) is 0 Å². The summed E-state index contributed by atoms with van der Waals surface area (Å²) in [6.07, 6.45) is 1.10. The molecule has 0 spiro atoms. The Balaban J connectivity index is 1.76. The normalized spacial score (nSPS) is 12.1. The molecule has 6 heteroatoms. The Morgan fingerprint density at radius 2 is 2.04 bits per heavy atom. The zero-order valence-electron chi connectivity index (χ0n) is 15.2. The van der Waals surface area contributed by atoms with Crippen molar-refractivity contribution in [3.8, 4) is 0 Å². The Labute approximate surface area is 144 Å². The van der Waals surface area contributed by atoms with Crippen LogP contribution in [0.15, 0.2) is 29.3 Å². The standard InChI is InChI=1S/C18H29N5O/c1-14(2)9-11-24-12-10-20-18(19-3)21-13-17-22-15-7-5-6-8-16(15)23(17)4/h5-8,14H,9-13H2,1-4H3,(H2,19,20,21). The zero-order valence-corrected chi connectivity index (χ0v) is 15.2. The maximum absolute atomic E-state index is 5.60. The van der Waals surface area contributed by atoms with Gasteiger partial charge in [0.1, 0.15) is 5.82 Å². The summed E-state index contributed by atoms with van der Waals surface area (Å²) >= 11 is 0. The van der Waals surface area contributed by atoms with Crippen LogP contribution >= 0.6 is 0 Å². The molecule has 132 valence electrons. The van der Waals surface area contributed by atoms with E-state index in [1.165, 1.54) is 0 Å². The lowest BCUT2D eigenvalue weighted by molar-refractivity contribution is 0.128. The summed E-state index contributed by atoms with van der Waals surface area (Å²) in [6.45, 7) is 7.26. The fraction of sp³-hybridized carbons (Fsp3) is 0.556. The Kier molecular flexibility index (Phi) is 7.06. The van der Waals surface area contributed by atoms with E-state index in [4.69, 9.17) is 4.74 Å². The van der Waals surface area contributed by atoms with Crippen LogP contribution in [0.3, 0.4) is 0 Å². The van der Waals surface area contributed by atoms with Crippen LogP contribution in [0.25, 0.3) is 11.0 Å². The van der Waals surface area contributed by atoms with Crippen molar-refractivity contribution in [2.24, 2.45) is 18.0 Å². The number of guanidine groups is 1. The van der Waals surface area contributed by atoms with Gasteiger partial charge in [0.05, 0.1) is 24.2 Å². The van der Waals surface area contributed by atoms with E-state index in [9.17, 15) is 0 Å². The minimum atomic E-state index is 0.624. The number of benzene rings is 1. The molecular formula is C18H29N5O. The second-order valence-corrected chi connectivity index (χ2v) is 6.22. The van der Waals surface area contributed by atoms with E-state index in [1.807, 2.05) is 25.2 Å². The molecule has 0 aliphatic heterocycles. The quantitative estimate of drug-likeness (QED) is 0.443. The fourth-order valence-electron chi connectivity index (χ4n) is 2.40. The molecule has 0 aliphatic carbocycles. The van der Waals surface area contributed by atoms with Crippen LogP contribution in [-0.4, -0.2) is 42.3 Å². The summed E-state index contributed by atoms with van der Waals surface area (Å²) in [5, 5.41) is 6.55. The number of imidazole rings is 1. The number of aromatic nitrogens is 2. The van der Waals surface area contributed by atoms with Gasteiger partial charge >= 0.3 is 0 Å². The lowest BCUT2D eigenvalue weighted by Crippen LogP contribution is -2.39. The number of aryl methyl sites for hydroxylation is 1. The SMILES string of the molecule is CN=C(NCCOCCC(C)C)NCc1nc2ccccc2n1C. The second-order valence-electron chi connectivity index (χ2n) is 6.22. The lowest BCUT2D eigenvalue weighted by Gasteiger charge is -2.12. The van der Waals surface area contributed by atoms with Gasteiger partial charge in [-0.15, -0.1) is 0 Å². The highest BCUT2D eigenvalue weighted by Gasteiger charge is 2.07. The van der Waals surface area contributed by atoms with Crippen molar-refractivity contribution in [1.82, 2.24) is 20.2 Å². The van der Waals surface area contributed by atoms with Crippen molar-refractivity contribution < 1.29 is 4.74 Å². The molecule has 24 heavy (non-hydrogen) atoms. The van der Waals surface area contributed by atoms with E-state index in [1.54, 1.807) is 7.05 Å². The molecule has 0 amide bonds. The van der Waals surface area contributed by atoms with Crippen LogP contribution in [0.5, 0.6) is 0 Å². The van der Waals surface area contributed by atoms with Crippen molar-refractivity contribution >= 4 is 17.0 Å². The Bertz CT molecular complexity index is 662. The van der Waals surface area contributed by atoms with E-state index in [0.29, 0.717) is 19.1 Å². The average Bonchev–Trinajstić information content (AvgIpc) is 2.90. The molecule has 0 atom stereocenters. The number of nitrogens with one attached hydrogen (secondary N) is 2.